The second-order valence-electron chi connectivity index (χ2n) is 5.30. The van der Waals surface area contributed by atoms with Crippen LogP contribution in [0.1, 0.15) is 32.1 Å². The van der Waals surface area contributed by atoms with E-state index in [-0.39, 0.29) is 12.1 Å². The van der Waals surface area contributed by atoms with E-state index in [0.29, 0.717) is 5.88 Å². The molecule has 3 rings (SSSR count). The van der Waals surface area contributed by atoms with Crippen molar-refractivity contribution in [3.63, 3.8) is 0 Å². The Bertz CT molecular complexity index is 566. The number of fused-ring (bicyclic) bond motifs is 1. The lowest BCUT2D eigenvalue weighted by atomic mass is 10.1. The van der Waals surface area contributed by atoms with Crippen LogP contribution in [0.15, 0.2) is 18.6 Å². The van der Waals surface area contributed by atoms with Crippen molar-refractivity contribution in [2.75, 3.05) is 0 Å². The van der Waals surface area contributed by atoms with Gasteiger partial charge in [0.1, 0.15) is 6.10 Å². The fourth-order valence-electron chi connectivity index (χ4n) is 2.72. The zero-order valence-corrected chi connectivity index (χ0v) is 11.2. The summed E-state index contributed by atoms with van der Waals surface area (Å²) in [6.07, 6.45) is 9.26. The lowest BCUT2D eigenvalue weighted by molar-refractivity contribution is 0.158. The van der Waals surface area contributed by atoms with Crippen molar-refractivity contribution in [3.8, 4) is 5.88 Å². The average molecular weight is 260 g/mol. The molecule has 5 heteroatoms. The Balaban J connectivity index is 1.88. The van der Waals surface area contributed by atoms with E-state index in [2.05, 4.69) is 9.97 Å². The molecule has 5 nitrogen and oxygen atoms in total. The van der Waals surface area contributed by atoms with E-state index >= 15 is 0 Å². The first-order valence-corrected chi connectivity index (χ1v) is 6.94. The highest BCUT2D eigenvalue weighted by atomic mass is 16.5. The van der Waals surface area contributed by atoms with Crippen molar-refractivity contribution in [3.05, 3.63) is 18.6 Å². The van der Waals surface area contributed by atoms with Crippen LogP contribution >= 0.6 is 0 Å². The summed E-state index contributed by atoms with van der Waals surface area (Å²) in [4.78, 5) is 8.69. The fraction of sp³-hybridized carbons (Fsp3) is 0.571. The van der Waals surface area contributed by atoms with Crippen LogP contribution < -0.4 is 10.5 Å². The Kier molecular flexibility index (Phi) is 3.38. The molecule has 2 N–H and O–H groups in total. The molecule has 0 radical (unpaired) electrons. The summed E-state index contributed by atoms with van der Waals surface area (Å²) in [5, 5.41) is 0. The van der Waals surface area contributed by atoms with Gasteiger partial charge >= 0.3 is 0 Å². The Morgan fingerprint density at radius 2 is 2.11 bits per heavy atom. The van der Waals surface area contributed by atoms with Crippen LogP contribution in [0.5, 0.6) is 5.88 Å². The van der Waals surface area contributed by atoms with Crippen molar-refractivity contribution in [2.45, 2.75) is 44.2 Å². The molecule has 102 valence electrons. The minimum atomic E-state index is 0.0580. The summed E-state index contributed by atoms with van der Waals surface area (Å²) < 4.78 is 8.03. The summed E-state index contributed by atoms with van der Waals surface area (Å²) in [5.74, 6) is 0.612. The standard InChI is InChI=1S/C14H20N4O/c1-18-9-17-13-11(18)7-8-16-14(13)19-12-6-4-2-3-5-10(12)15/h7-10,12H,2-6,15H2,1H3. The first-order chi connectivity index (χ1) is 9.25. The summed E-state index contributed by atoms with van der Waals surface area (Å²) in [6.45, 7) is 0. The van der Waals surface area contributed by atoms with Crippen molar-refractivity contribution < 1.29 is 4.74 Å². The molecule has 2 aromatic rings. The van der Waals surface area contributed by atoms with Gasteiger partial charge in [0.05, 0.1) is 11.8 Å². The van der Waals surface area contributed by atoms with Gasteiger partial charge in [-0.15, -0.1) is 0 Å². The third-order valence-corrected chi connectivity index (χ3v) is 3.88. The second-order valence-corrected chi connectivity index (χ2v) is 5.30. The van der Waals surface area contributed by atoms with Gasteiger partial charge in [-0.1, -0.05) is 12.8 Å². The SMILES string of the molecule is Cn1cnc2c(OC3CCCCCC3N)nccc21. The highest BCUT2D eigenvalue weighted by molar-refractivity contribution is 5.79. The molecular weight excluding hydrogens is 240 g/mol. The Morgan fingerprint density at radius 1 is 1.26 bits per heavy atom. The fourth-order valence-corrected chi connectivity index (χ4v) is 2.72. The van der Waals surface area contributed by atoms with E-state index in [1.165, 1.54) is 19.3 Å². The van der Waals surface area contributed by atoms with Crippen LogP contribution in [0.25, 0.3) is 11.0 Å². The van der Waals surface area contributed by atoms with Gasteiger partial charge in [0.15, 0.2) is 5.52 Å². The van der Waals surface area contributed by atoms with Gasteiger partial charge in [0, 0.05) is 19.3 Å². The molecule has 1 saturated carbocycles. The van der Waals surface area contributed by atoms with Gasteiger partial charge in [-0.05, 0) is 25.3 Å². The summed E-state index contributed by atoms with van der Waals surface area (Å²) in [6, 6.07) is 2.05. The molecule has 0 spiro atoms. The number of aryl methyl sites for hydroxylation is 1. The number of aromatic nitrogens is 3. The van der Waals surface area contributed by atoms with Crippen LogP contribution in [0.2, 0.25) is 0 Å². The minimum absolute atomic E-state index is 0.0580. The van der Waals surface area contributed by atoms with Gasteiger partial charge in [-0.2, -0.15) is 0 Å². The first-order valence-electron chi connectivity index (χ1n) is 6.94. The number of pyridine rings is 1. The van der Waals surface area contributed by atoms with Crippen LogP contribution in [0, 0.1) is 0 Å². The lowest BCUT2D eigenvalue weighted by Crippen LogP contribution is -2.38. The normalized spacial score (nSPS) is 24.3. The molecule has 0 bridgehead atoms. The van der Waals surface area contributed by atoms with Crippen LogP contribution in [0.3, 0.4) is 0 Å². The molecule has 0 saturated heterocycles. The molecule has 1 fully saturated rings. The van der Waals surface area contributed by atoms with Gasteiger partial charge in [-0.3, -0.25) is 0 Å². The van der Waals surface area contributed by atoms with Gasteiger partial charge < -0.3 is 15.0 Å². The molecule has 19 heavy (non-hydrogen) atoms. The zero-order valence-electron chi connectivity index (χ0n) is 11.2. The first kappa shape index (κ1) is 12.4. The van der Waals surface area contributed by atoms with Crippen molar-refractivity contribution >= 4 is 11.0 Å². The number of nitrogens with zero attached hydrogens (tertiary/aromatic N) is 3. The molecule has 0 aliphatic heterocycles. The smallest absolute Gasteiger partial charge is 0.242 e. The van der Waals surface area contributed by atoms with Crippen LogP contribution in [-0.2, 0) is 7.05 Å². The number of nitrogens with two attached hydrogens (primary N) is 1. The second kappa shape index (κ2) is 5.17. The maximum absolute atomic E-state index is 6.20. The molecule has 0 amide bonds. The zero-order chi connectivity index (χ0) is 13.2. The predicted molar refractivity (Wildman–Crippen MR) is 74.0 cm³/mol. The number of hydrogen-bond donors (Lipinski definition) is 1. The van der Waals surface area contributed by atoms with E-state index in [1.807, 2.05) is 17.7 Å². The number of rotatable bonds is 2. The highest BCUT2D eigenvalue weighted by Crippen LogP contribution is 2.25. The number of imidazole rings is 1. The Labute approximate surface area is 112 Å². The molecule has 1 aliphatic rings. The maximum Gasteiger partial charge on any atom is 0.242 e. The van der Waals surface area contributed by atoms with Crippen molar-refractivity contribution in [2.24, 2.45) is 12.8 Å². The van der Waals surface area contributed by atoms with E-state index in [0.717, 1.165) is 23.9 Å². The predicted octanol–water partition coefficient (Wildman–Crippen LogP) is 2.01. The quantitative estimate of drug-likeness (QED) is 0.839. The molecule has 0 aromatic carbocycles. The topological polar surface area (TPSA) is 66.0 Å². The molecule has 2 heterocycles. The highest BCUT2D eigenvalue weighted by Gasteiger charge is 2.23. The van der Waals surface area contributed by atoms with Crippen LogP contribution in [0.4, 0.5) is 0 Å². The monoisotopic (exact) mass is 260 g/mol. The molecule has 2 atom stereocenters. The third kappa shape index (κ3) is 2.42. The lowest BCUT2D eigenvalue weighted by Gasteiger charge is -2.22. The molecular formula is C14H20N4O. The summed E-state index contributed by atoms with van der Waals surface area (Å²) in [5.41, 5.74) is 8.05. The maximum atomic E-state index is 6.20. The Morgan fingerprint density at radius 3 is 3.00 bits per heavy atom. The average Bonchev–Trinajstić information content (AvgIpc) is 2.67. The molecule has 2 aromatic heterocycles. The van der Waals surface area contributed by atoms with Crippen molar-refractivity contribution in [1.29, 1.82) is 0 Å². The third-order valence-electron chi connectivity index (χ3n) is 3.88. The van der Waals surface area contributed by atoms with Crippen LogP contribution in [-0.4, -0.2) is 26.7 Å². The van der Waals surface area contributed by atoms with Crippen molar-refractivity contribution in [1.82, 2.24) is 14.5 Å². The van der Waals surface area contributed by atoms with Gasteiger partial charge in [0.25, 0.3) is 0 Å². The van der Waals surface area contributed by atoms with E-state index in [4.69, 9.17) is 10.5 Å². The molecule has 2 unspecified atom stereocenters. The van der Waals surface area contributed by atoms with E-state index < -0.39 is 0 Å². The van der Waals surface area contributed by atoms with Gasteiger partial charge in [-0.25, -0.2) is 9.97 Å². The summed E-state index contributed by atoms with van der Waals surface area (Å²) >= 11 is 0. The minimum Gasteiger partial charge on any atom is -0.471 e. The van der Waals surface area contributed by atoms with E-state index in [1.54, 1.807) is 12.5 Å². The number of ether oxygens (including phenoxy) is 1. The largest absolute Gasteiger partial charge is 0.471 e. The summed E-state index contributed by atoms with van der Waals surface area (Å²) in [7, 11) is 1.97. The van der Waals surface area contributed by atoms with E-state index in [9.17, 15) is 0 Å². The Hall–Kier alpha value is -1.62. The van der Waals surface area contributed by atoms with Gasteiger partial charge in [0.2, 0.25) is 5.88 Å². The number of hydrogen-bond acceptors (Lipinski definition) is 4. The molecule has 1 aliphatic carbocycles.